The Morgan fingerprint density at radius 1 is 1.35 bits per heavy atom. The quantitative estimate of drug-likeness (QED) is 0.616. The summed E-state index contributed by atoms with van der Waals surface area (Å²) in [5, 5.41) is 3.58. The number of aliphatic imine (C=N–C) groups is 1. The molecule has 0 bridgehead atoms. The van der Waals surface area contributed by atoms with Crippen LogP contribution < -0.4 is 5.32 Å². The number of hydrogen-bond donors (Lipinski definition) is 1. The first-order valence-corrected chi connectivity index (χ1v) is 8.46. The summed E-state index contributed by atoms with van der Waals surface area (Å²) in [7, 11) is 1.92. The van der Waals surface area contributed by atoms with E-state index < -0.39 is 0 Å². The van der Waals surface area contributed by atoms with Crippen molar-refractivity contribution in [1.29, 1.82) is 0 Å². The van der Waals surface area contributed by atoms with Crippen LogP contribution >= 0.6 is 0 Å². The van der Waals surface area contributed by atoms with Crippen LogP contribution in [0.15, 0.2) is 4.99 Å². The van der Waals surface area contributed by atoms with Gasteiger partial charge < -0.3 is 10.2 Å². The molecule has 3 aliphatic rings. The summed E-state index contributed by atoms with van der Waals surface area (Å²) in [4.78, 5) is 9.56. The highest BCUT2D eigenvalue weighted by atomic mass is 15.3. The highest BCUT2D eigenvalue weighted by Crippen LogP contribution is 2.47. The van der Waals surface area contributed by atoms with Crippen LogP contribution in [0.4, 0.5) is 0 Å². The molecule has 3 rings (SSSR count). The summed E-state index contributed by atoms with van der Waals surface area (Å²) in [6, 6.07) is 0.869. The second-order valence-corrected chi connectivity index (χ2v) is 6.86. The zero-order chi connectivity index (χ0) is 14.0. The van der Waals surface area contributed by atoms with Crippen LogP contribution in [0.1, 0.15) is 45.4 Å². The van der Waals surface area contributed by atoms with E-state index in [1.165, 1.54) is 58.2 Å². The predicted octanol–water partition coefficient (Wildman–Crippen LogP) is 1.92. The molecule has 1 spiro atoms. The minimum atomic E-state index is 0.654. The third-order valence-corrected chi connectivity index (χ3v) is 5.52. The molecule has 3 fully saturated rings. The fraction of sp³-hybridized carbons (Fsp3) is 0.938. The maximum Gasteiger partial charge on any atom is 0.193 e. The van der Waals surface area contributed by atoms with Crippen molar-refractivity contribution in [3.8, 4) is 0 Å². The third-order valence-electron chi connectivity index (χ3n) is 5.52. The SMILES string of the molecule is CCN(CCNC(=NC)N1CCC2(CCC2)C1)C1CC1. The largest absolute Gasteiger partial charge is 0.355 e. The summed E-state index contributed by atoms with van der Waals surface area (Å²) in [5.74, 6) is 1.13. The molecule has 1 aliphatic heterocycles. The van der Waals surface area contributed by atoms with Gasteiger partial charge in [-0.2, -0.15) is 0 Å². The molecule has 1 saturated heterocycles. The lowest BCUT2D eigenvalue weighted by molar-refractivity contribution is 0.151. The van der Waals surface area contributed by atoms with Gasteiger partial charge in [-0.15, -0.1) is 0 Å². The zero-order valence-electron chi connectivity index (χ0n) is 13.2. The highest BCUT2D eigenvalue weighted by Gasteiger charge is 2.43. The molecule has 1 heterocycles. The van der Waals surface area contributed by atoms with Crippen LogP contribution in [0.5, 0.6) is 0 Å². The Morgan fingerprint density at radius 3 is 2.65 bits per heavy atom. The van der Waals surface area contributed by atoms with Crippen molar-refractivity contribution in [2.24, 2.45) is 10.4 Å². The minimum Gasteiger partial charge on any atom is -0.355 e. The Kier molecular flexibility index (Phi) is 4.20. The van der Waals surface area contributed by atoms with E-state index >= 15 is 0 Å². The van der Waals surface area contributed by atoms with Crippen LogP contribution in [-0.2, 0) is 0 Å². The number of likely N-dealkylation sites (tertiary alicyclic amines) is 1. The van der Waals surface area contributed by atoms with Gasteiger partial charge in [0.25, 0.3) is 0 Å². The number of nitrogens with zero attached hydrogens (tertiary/aromatic N) is 3. The molecule has 20 heavy (non-hydrogen) atoms. The first-order valence-electron chi connectivity index (χ1n) is 8.46. The van der Waals surface area contributed by atoms with Crippen molar-refractivity contribution in [3.63, 3.8) is 0 Å². The Labute approximate surface area is 123 Å². The molecule has 0 aromatic carbocycles. The van der Waals surface area contributed by atoms with E-state index in [-0.39, 0.29) is 0 Å². The fourth-order valence-electron chi connectivity index (χ4n) is 3.88. The monoisotopic (exact) mass is 278 g/mol. The average Bonchev–Trinajstić information content (AvgIpc) is 3.15. The average molecular weight is 278 g/mol. The molecule has 0 amide bonds. The van der Waals surface area contributed by atoms with Crippen molar-refractivity contribution < 1.29 is 0 Å². The minimum absolute atomic E-state index is 0.654. The van der Waals surface area contributed by atoms with Gasteiger partial charge in [0.1, 0.15) is 0 Å². The van der Waals surface area contributed by atoms with Gasteiger partial charge in [-0.25, -0.2) is 0 Å². The van der Waals surface area contributed by atoms with Crippen molar-refractivity contribution >= 4 is 5.96 Å². The van der Waals surface area contributed by atoms with E-state index in [9.17, 15) is 0 Å². The predicted molar refractivity (Wildman–Crippen MR) is 84.1 cm³/mol. The lowest BCUT2D eigenvalue weighted by atomic mass is 9.68. The first-order chi connectivity index (χ1) is 9.76. The summed E-state index contributed by atoms with van der Waals surface area (Å²) >= 11 is 0. The van der Waals surface area contributed by atoms with Crippen LogP contribution in [0.2, 0.25) is 0 Å². The molecule has 1 N–H and O–H groups in total. The van der Waals surface area contributed by atoms with Gasteiger partial charge in [0.05, 0.1) is 0 Å². The van der Waals surface area contributed by atoms with Gasteiger partial charge in [0.15, 0.2) is 5.96 Å². The number of guanidine groups is 1. The number of rotatable bonds is 5. The Hall–Kier alpha value is -0.770. The van der Waals surface area contributed by atoms with Crippen LogP contribution in [0.25, 0.3) is 0 Å². The number of hydrogen-bond acceptors (Lipinski definition) is 2. The maximum atomic E-state index is 4.49. The number of likely N-dealkylation sites (N-methyl/N-ethyl adjacent to an activating group) is 1. The summed E-state index contributed by atoms with van der Waals surface area (Å²) in [6.07, 6.45) is 8.48. The van der Waals surface area contributed by atoms with Crippen molar-refractivity contribution in [2.75, 3.05) is 39.8 Å². The Morgan fingerprint density at radius 2 is 2.15 bits per heavy atom. The first kappa shape index (κ1) is 14.2. The molecule has 0 unspecified atom stereocenters. The molecule has 0 radical (unpaired) electrons. The second-order valence-electron chi connectivity index (χ2n) is 6.86. The van der Waals surface area contributed by atoms with E-state index in [2.05, 4.69) is 27.0 Å². The van der Waals surface area contributed by atoms with E-state index in [0.29, 0.717) is 5.41 Å². The van der Waals surface area contributed by atoms with Gasteiger partial charge in [-0.1, -0.05) is 13.3 Å². The number of nitrogens with one attached hydrogen (secondary N) is 1. The molecular formula is C16H30N4. The summed E-state index contributed by atoms with van der Waals surface area (Å²) in [5.41, 5.74) is 0.654. The smallest absolute Gasteiger partial charge is 0.193 e. The second kappa shape index (κ2) is 5.92. The molecule has 0 aromatic rings. The molecule has 0 atom stereocenters. The van der Waals surface area contributed by atoms with E-state index in [0.717, 1.165) is 25.1 Å². The van der Waals surface area contributed by atoms with E-state index in [1.54, 1.807) is 0 Å². The molecule has 0 aromatic heterocycles. The fourth-order valence-corrected chi connectivity index (χ4v) is 3.88. The van der Waals surface area contributed by atoms with Crippen LogP contribution in [0.3, 0.4) is 0 Å². The lowest BCUT2D eigenvalue weighted by Crippen LogP contribution is -2.45. The van der Waals surface area contributed by atoms with Gasteiger partial charge >= 0.3 is 0 Å². The third kappa shape index (κ3) is 2.95. The van der Waals surface area contributed by atoms with Crippen LogP contribution in [0, 0.1) is 5.41 Å². The van der Waals surface area contributed by atoms with Gasteiger partial charge in [0.2, 0.25) is 0 Å². The van der Waals surface area contributed by atoms with Crippen LogP contribution in [-0.4, -0.2) is 61.6 Å². The topological polar surface area (TPSA) is 30.9 Å². The van der Waals surface area contributed by atoms with Crippen molar-refractivity contribution in [2.45, 2.75) is 51.5 Å². The Balaban J connectivity index is 1.43. The molecular weight excluding hydrogens is 248 g/mol. The van der Waals surface area contributed by atoms with Gasteiger partial charge in [-0.05, 0) is 44.1 Å². The molecule has 2 saturated carbocycles. The molecule has 4 nitrogen and oxygen atoms in total. The van der Waals surface area contributed by atoms with E-state index in [4.69, 9.17) is 0 Å². The normalized spacial score (nSPS) is 25.4. The lowest BCUT2D eigenvalue weighted by Gasteiger charge is -2.38. The highest BCUT2D eigenvalue weighted by molar-refractivity contribution is 5.80. The van der Waals surface area contributed by atoms with E-state index in [1.807, 2.05) is 7.05 Å². The van der Waals surface area contributed by atoms with Crippen molar-refractivity contribution in [3.05, 3.63) is 0 Å². The maximum absolute atomic E-state index is 4.49. The van der Waals surface area contributed by atoms with Gasteiger partial charge in [-0.3, -0.25) is 9.89 Å². The summed E-state index contributed by atoms with van der Waals surface area (Å²) in [6.45, 7) is 8.05. The molecule has 2 aliphatic carbocycles. The Bertz CT molecular complexity index is 357. The standard InChI is InChI=1S/C16H30N4/c1-3-19(14-5-6-14)12-10-18-15(17-2)20-11-9-16(13-20)7-4-8-16/h14H,3-13H2,1-2H3,(H,17,18). The zero-order valence-corrected chi connectivity index (χ0v) is 13.2. The summed E-state index contributed by atoms with van der Waals surface area (Å²) < 4.78 is 0. The van der Waals surface area contributed by atoms with Crippen molar-refractivity contribution in [1.82, 2.24) is 15.1 Å². The molecule has 114 valence electrons. The molecule has 4 heteroatoms. The van der Waals surface area contributed by atoms with Gasteiger partial charge in [0, 0.05) is 39.3 Å².